The van der Waals surface area contributed by atoms with E-state index in [-0.39, 0.29) is 42.0 Å². The molecule has 3 atom stereocenters. The van der Waals surface area contributed by atoms with Gasteiger partial charge in [0.15, 0.2) is 0 Å². The highest BCUT2D eigenvalue weighted by Gasteiger charge is 2.45. The zero-order valence-electron chi connectivity index (χ0n) is 18.6. The van der Waals surface area contributed by atoms with Crippen molar-refractivity contribution < 1.29 is 14.3 Å². The summed E-state index contributed by atoms with van der Waals surface area (Å²) in [5.41, 5.74) is 9.23. The van der Waals surface area contributed by atoms with Crippen LogP contribution < -0.4 is 5.73 Å². The summed E-state index contributed by atoms with van der Waals surface area (Å²) in [6.07, 6.45) is 7.09. The van der Waals surface area contributed by atoms with E-state index in [0.717, 1.165) is 43.5 Å². The molecule has 0 radical (unpaired) electrons. The summed E-state index contributed by atoms with van der Waals surface area (Å²) in [4.78, 5) is 15.2. The number of fused-ring (bicyclic) bond motifs is 2. The Morgan fingerprint density at radius 3 is 2.66 bits per heavy atom. The van der Waals surface area contributed by atoms with E-state index in [2.05, 4.69) is 18.3 Å². The van der Waals surface area contributed by atoms with Crippen LogP contribution >= 0.6 is 12.4 Å². The summed E-state index contributed by atoms with van der Waals surface area (Å²) in [5.74, 6) is 0.251. The topological polar surface area (TPSA) is 82.6 Å². The third kappa shape index (κ3) is 4.19. The molecule has 2 fully saturated rings. The molecule has 32 heavy (non-hydrogen) atoms. The standard InChI is InChI=1S/C24H32N4O3.ClH/c1-30-21-8-7-17(15-20(21)25)23(29)27-12-10-24(11-13-27)22-18(9-14-31-24)16-28(26-22)19-5-3-2-4-6-19;/h2-6,16-17,20-21H,7-15,25H2,1H3;1H/t17-,20+,21+;/m0./s1. The van der Waals surface area contributed by atoms with Gasteiger partial charge in [-0.05, 0) is 56.2 Å². The number of aromatic nitrogens is 2. The largest absolute Gasteiger partial charge is 0.380 e. The number of piperidine rings is 1. The molecule has 1 amide bonds. The van der Waals surface area contributed by atoms with Gasteiger partial charge in [0.25, 0.3) is 0 Å². The van der Waals surface area contributed by atoms with Gasteiger partial charge in [-0.1, -0.05) is 18.2 Å². The number of amides is 1. The second-order valence-corrected chi connectivity index (χ2v) is 9.15. The molecule has 2 N–H and O–H groups in total. The predicted molar refractivity (Wildman–Crippen MR) is 124 cm³/mol. The average molecular weight is 461 g/mol. The first-order chi connectivity index (χ1) is 15.1. The molecular formula is C24H33ClN4O3. The smallest absolute Gasteiger partial charge is 0.225 e. The van der Waals surface area contributed by atoms with Crippen molar-refractivity contribution in [2.24, 2.45) is 11.7 Å². The number of hydrogen-bond donors (Lipinski definition) is 1. The number of hydrogen-bond acceptors (Lipinski definition) is 5. The molecule has 1 saturated heterocycles. The summed E-state index contributed by atoms with van der Waals surface area (Å²) in [6.45, 7) is 2.11. The summed E-state index contributed by atoms with van der Waals surface area (Å²) in [7, 11) is 1.70. The first-order valence-electron chi connectivity index (χ1n) is 11.5. The van der Waals surface area contributed by atoms with Crippen molar-refractivity contribution in [3.63, 3.8) is 0 Å². The lowest BCUT2D eigenvalue weighted by Crippen LogP contribution is -2.52. The third-order valence-electron chi connectivity index (χ3n) is 7.36. The Balaban J connectivity index is 0.00000245. The molecule has 1 saturated carbocycles. The lowest BCUT2D eigenvalue weighted by molar-refractivity contribution is -0.147. The zero-order chi connectivity index (χ0) is 21.4. The number of ether oxygens (including phenoxy) is 2. The molecule has 1 aliphatic carbocycles. The fourth-order valence-electron chi connectivity index (χ4n) is 5.54. The van der Waals surface area contributed by atoms with Gasteiger partial charge in [0.2, 0.25) is 5.91 Å². The van der Waals surface area contributed by atoms with Crippen LogP contribution in [0, 0.1) is 5.92 Å². The number of halogens is 1. The van der Waals surface area contributed by atoms with E-state index < -0.39 is 0 Å². The minimum Gasteiger partial charge on any atom is -0.380 e. The number of carbonyl (C=O) groups is 1. The Bertz CT molecular complexity index is 927. The molecule has 3 aliphatic rings. The fourth-order valence-corrected chi connectivity index (χ4v) is 5.54. The van der Waals surface area contributed by atoms with E-state index in [0.29, 0.717) is 26.1 Å². The van der Waals surface area contributed by atoms with E-state index in [1.807, 2.05) is 27.8 Å². The van der Waals surface area contributed by atoms with Crippen molar-refractivity contribution in [1.29, 1.82) is 0 Å². The van der Waals surface area contributed by atoms with Crippen molar-refractivity contribution >= 4 is 18.3 Å². The van der Waals surface area contributed by atoms with E-state index in [1.165, 1.54) is 5.56 Å². The van der Waals surface area contributed by atoms with Crippen molar-refractivity contribution in [3.8, 4) is 5.69 Å². The van der Waals surface area contributed by atoms with E-state index >= 15 is 0 Å². The van der Waals surface area contributed by atoms with Crippen LogP contribution in [-0.2, 0) is 26.3 Å². The number of nitrogens with two attached hydrogens (primary N) is 1. The van der Waals surface area contributed by atoms with Gasteiger partial charge < -0.3 is 20.1 Å². The minimum atomic E-state index is -0.380. The van der Waals surface area contributed by atoms with Gasteiger partial charge in [-0.3, -0.25) is 4.79 Å². The molecule has 8 heteroatoms. The van der Waals surface area contributed by atoms with Crippen LogP contribution in [0.25, 0.3) is 5.69 Å². The first kappa shape index (κ1) is 23.2. The molecule has 0 unspecified atom stereocenters. The van der Waals surface area contributed by atoms with Gasteiger partial charge >= 0.3 is 0 Å². The van der Waals surface area contributed by atoms with Gasteiger partial charge in [0.1, 0.15) is 5.60 Å². The Morgan fingerprint density at radius 1 is 1.22 bits per heavy atom. The molecule has 1 spiro atoms. The molecule has 0 bridgehead atoms. The van der Waals surface area contributed by atoms with Crippen molar-refractivity contribution in [3.05, 3.63) is 47.8 Å². The van der Waals surface area contributed by atoms with Gasteiger partial charge in [-0.2, -0.15) is 5.10 Å². The maximum atomic E-state index is 13.2. The number of nitrogens with zero attached hydrogens (tertiary/aromatic N) is 3. The summed E-state index contributed by atoms with van der Waals surface area (Å²) in [6, 6.07) is 10.1. The predicted octanol–water partition coefficient (Wildman–Crippen LogP) is 2.83. The molecule has 3 heterocycles. The number of para-hydroxylation sites is 1. The molecule has 2 aliphatic heterocycles. The molecular weight excluding hydrogens is 428 g/mol. The maximum absolute atomic E-state index is 13.2. The van der Waals surface area contributed by atoms with Crippen molar-refractivity contribution in [1.82, 2.24) is 14.7 Å². The fraction of sp³-hybridized carbons (Fsp3) is 0.583. The molecule has 2 aromatic rings. The molecule has 5 rings (SSSR count). The Morgan fingerprint density at radius 2 is 1.97 bits per heavy atom. The van der Waals surface area contributed by atoms with Crippen LogP contribution in [0.15, 0.2) is 36.5 Å². The summed E-state index contributed by atoms with van der Waals surface area (Å²) in [5, 5.41) is 4.94. The van der Waals surface area contributed by atoms with Gasteiger partial charge in [0.05, 0.1) is 24.1 Å². The third-order valence-corrected chi connectivity index (χ3v) is 7.36. The summed E-state index contributed by atoms with van der Waals surface area (Å²) >= 11 is 0. The molecule has 1 aromatic heterocycles. The normalized spacial score (nSPS) is 26.9. The number of carbonyl (C=O) groups excluding carboxylic acids is 1. The zero-order valence-corrected chi connectivity index (χ0v) is 19.4. The Kier molecular flexibility index (Phi) is 6.91. The van der Waals surface area contributed by atoms with Crippen molar-refractivity contribution in [2.75, 3.05) is 26.8 Å². The van der Waals surface area contributed by atoms with Crippen LogP contribution in [0.5, 0.6) is 0 Å². The maximum Gasteiger partial charge on any atom is 0.225 e. The number of likely N-dealkylation sites (tertiary alicyclic amines) is 1. The van der Waals surface area contributed by atoms with E-state index in [1.54, 1.807) is 7.11 Å². The van der Waals surface area contributed by atoms with Gasteiger partial charge in [-0.25, -0.2) is 4.68 Å². The van der Waals surface area contributed by atoms with Crippen LogP contribution in [0.4, 0.5) is 0 Å². The van der Waals surface area contributed by atoms with Crippen LogP contribution in [-0.4, -0.2) is 59.5 Å². The Labute approximate surface area is 195 Å². The van der Waals surface area contributed by atoms with E-state index in [9.17, 15) is 4.79 Å². The van der Waals surface area contributed by atoms with Crippen LogP contribution in [0.3, 0.4) is 0 Å². The molecule has 174 valence electrons. The number of rotatable bonds is 3. The van der Waals surface area contributed by atoms with Gasteiger partial charge in [-0.15, -0.1) is 12.4 Å². The van der Waals surface area contributed by atoms with Gasteiger partial charge in [0, 0.05) is 38.4 Å². The summed E-state index contributed by atoms with van der Waals surface area (Å²) < 4.78 is 13.8. The number of benzene rings is 1. The second-order valence-electron chi connectivity index (χ2n) is 9.15. The molecule has 7 nitrogen and oxygen atoms in total. The van der Waals surface area contributed by atoms with E-state index in [4.69, 9.17) is 20.3 Å². The van der Waals surface area contributed by atoms with Crippen LogP contribution in [0.2, 0.25) is 0 Å². The minimum absolute atomic E-state index is 0. The molecule has 1 aromatic carbocycles. The second kappa shape index (κ2) is 9.51. The number of methoxy groups -OCH3 is 1. The SMILES string of the molecule is CO[C@@H]1CC[C@H](C(=O)N2CCC3(CC2)OCCc2cn(-c4ccccc4)nc23)C[C@H]1N.Cl. The lowest BCUT2D eigenvalue weighted by Gasteiger charge is -2.44. The quantitative estimate of drug-likeness (QED) is 0.761. The lowest BCUT2D eigenvalue weighted by atomic mass is 9.81. The van der Waals surface area contributed by atoms with Crippen molar-refractivity contribution in [2.45, 2.75) is 56.3 Å². The first-order valence-corrected chi connectivity index (χ1v) is 11.5. The van der Waals surface area contributed by atoms with Crippen LogP contribution in [0.1, 0.15) is 43.4 Å². The highest BCUT2D eigenvalue weighted by atomic mass is 35.5. The Hall–Kier alpha value is -1.93. The highest BCUT2D eigenvalue weighted by molar-refractivity contribution is 5.85. The average Bonchev–Trinajstić information content (AvgIpc) is 3.26. The monoisotopic (exact) mass is 460 g/mol. The highest BCUT2D eigenvalue weighted by Crippen LogP contribution is 2.41.